The van der Waals surface area contributed by atoms with Crippen LogP contribution in [0.25, 0.3) is 11.6 Å². The van der Waals surface area contributed by atoms with Gasteiger partial charge in [0.15, 0.2) is 22.5 Å². The zero-order chi connectivity index (χ0) is 19.9. The quantitative estimate of drug-likeness (QED) is 0.317. The van der Waals surface area contributed by atoms with Gasteiger partial charge >= 0.3 is 0 Å². The summed E-state index contributed by atoms with van der Waals surface area (Å²) in [6.45, 7) is 0.342. The molecule has 0 bridgehead atoms. The van der Waals surface area contributed by atoms with E-state index in [1.807, 2.05) is 0 Å². The lowest BCUT2D eigenvalue weighted by atomic mass is 10.1. The molecule has 7 nitrogen and oxygen atoms in total. The van der Waals surface area contributed by atoms with Crippen LogP contribution in [0.15, 0.2) is 52.2 Å². The second-order valence-corrected chi connectivity index (χ2v) is 7.10. The Kier molecular flexibility index (Phi) is 6.59. The van der Waals surface area contributed by atoms with E-state index in [1.165, 1.54) is 42.3 Å². The molecule has 1 amide bonds. The van der Waals surface area contributed by atoms with Gasteiger partial charge in [-0.25, -0.2) is 4.39 Å². The molecule has 2 N–H and O–H groups in total. The average molecular weight is 402 g/mol. The molecule has 0 saturated carbocycles. The number of hydrogen-bond donors (Lipinski definition) is 1. The molecular formula is C19H19FN4O3S. The fourth-order valence-corrected chi connectivity index (χ4v) is 3.49. The number of benzene rings is 1. The molecule has 2 heterocycles. The molecule has 1 aromatic carbocycles. The Bertz CT molecular complexity index is 939. The number of aromatic nitrogens is 3. The molecule has 9 heteroatoms. The normalized spacial score (nSPS) is 10.9. The molecule has 0 atom stereocenters. The van der Waals surface area contributed by atoms with E-state index >= 15 is 0 Å². The minimum absolute atomic E-state index is 0.0351. The number of amides is 1. The van der Waals surface area contributed by atoms with E-state index in [0.717, 1.165) is 0 Å². The third-order valence-electron chi connectivity index (χ3n) is 3.99. The van der Waals surface area contributed by atoms with Crippen molar-refractivity contribution in [1.29, 1.82) is 0 Å². The SMILES string of the molecule is NC(=O)CCn1c(SCCCC(=O)c2ccc(F)cc2)nnc1-c1ccco1. The third kappa shape index (κ3) is 5.07. The zero-order valence-corrected chi connectivity index (χ0v) is 15.8. The third-order valence-corrected chi connectivity index (χ3v) is 5.04. The van der Waals surface area contributed by atoms with E-state index in [1.54, 1.807) is 16.7 Å². The molecule has 3 rings (SSSR count). The minimum Gasteiger partial charge on any atom is -0.461 e. The highest BCUT2D eigenvalue weighted by atomic mass is 32.2. The van der Waals surface area contributed by atoms with Crippen molar-refractivity contribution in [2.75, 3.05) is 5.75 Å². The molecule has 0 aliphatic carbocycles. The number of rotatable bonds is 10. The first-order chi connectivity index (χ1) is 13.5. The molecule has 0 aliphatic heterocycles. The first kappa shape index (κ1) is 19.8. The molecule has 0 spiro atoms. The van der Waals surface area contributed by atoms with Crippen LogP contribution in [0.5, 0.6) is 0 Å². The number of hydrogen-bond acceptors (Lipinski definition) is 6. The number of carbonyl (C=O) groups is 2. The van der Waals surface area contributed by atoms with Crippen LogP contribution in [0.2, 0.25) is 0 Å². The fraction of sp³-hybridized carbons (Fsp3) is 0.263. The fourth-order valence-electron chi connectivity index (χ4n) is 2.58. The molecular weight excluding hydrogens is 383 g/mol. The van der Waals surface area contributed by atoms with Crippen molar-refractivity contribution in [1.82, 2.24) is 14.8 Å². The van der Waals surface area contributed by atoms with E-state index < -0.39 is 5.91 Å². The van der Waals surface area contributed by atoms with Crippen molar-refractivity contribution in [3.05, 3.63) is 54.0 Å². The lowest BCUT2D eigenvalue weighted by molar-refractivity contribution is -0.118. The second kappa shape index (κ2) is 9.32. The van der Waals surface area contributed by atoms with Gasteiger partial charge in [-0.3, -0.25) is 14.2 Å². The predicted octanol–water partition coefficient (Wildman–Crippen LogP) is 3.31. The summed E-state index contributed by atoms with van der Waals surface area (Å²) < 4.78 is 20.1. The molecule has 0 fully saturated rings. The van der Waals surface area contributed by atoms with Crippen LogP contribution < -0.4 is 5.73 Å². The Balaban J connectivity index is 1.59. The molecule has 28 heavy (non-hydrogen) atoms. The monoisotopic (exact) mass is 402 g/mol. The van der Waals surface area contributed by atoms with Crippen LogP contribution in [0, 0.1) is 5.82 Å². The summed E-state index contributed by atoms with van der Waals surface area (Å²) in [4.78, 5) is 23.3. The van der Waals surface area contributed by atoms with Crippen molar-refractivity contribution >= 4 is 23.5 Å². The smallest absolute Gasteiger partial charge is 0.219 e. The summed E-state index contributed by atoms with van der Waals surface area (Å²) in [5, 5.41) is 8.95. The topological polar surface area (TPSA) is 104 Å². The van der Waals surface area contributed by atoms with Crippen LogP contribution in [0.1, 0.15) is 29.6 Å². The van der Waals surface area contributed by atoms with Crippen LogP contribution >= 0.6 is 11.8 Å². The van der Waals surface area contributed by atoms with E-state index in [4.69, 9.17) is 10.2 Å². The molecule has 0 aliphatic rings. The number of furan rings is 1. The number of primary amides is 1. The Hall–Kier alpha value is -2.94. The van der Waals surface area contributed by atoms with Crippen molar-refractivity contribution < 1.29 is 18.4 Å². The lowest BCUT2D eigenvalue weighted by Crippen LogP contribution is -2.15. The molecule has 146 valence electrons. The Morgan fingerprint density at radius 3 is 2.61 bits per heavy atom. The highest BCUT2D eigenvalue weighted by molar-refractivity contribution is 7.99. The number of nitrogens with two attached hydrogens (primary N) is 1. The molecule has 0 radical (unpaired) electrons. The maximum absolute atomic E-state index is 12.9. The second-order valence-electron chi connectivity index (χ2n) is 6.03. The van der Waals surface area contributed by atoms with Gasteiger partial charge in [0.25, 0.3) is 0 Å². The Labute approximate surface area is 165 Å². The van der Waals surface area contributed by atoms with Crippen LogP contribution in [0.3, 0.4) is 0 Å². The number of ketones is 1. The first-order valence-electron chi connectivity index (χ1n) is 8.71. The molecule has 0 saturated heterocycles. The molecule has 0 unspecified atom stereocenters. The number of thioether (sulfide) groups is 1. The van der Waals surface area contributed by atoms with Crippen LogP contribution in [-0.2, 0) is 11.3 Å². The molecule has 3 aromatic rings. The largest absolute Gasteiger partial charge is 0.461 e. The highest BCUT2D eigenvalue weighted by Crippen LogP contribution is 2.25. The Morgan fingerprint density at radius 1 is 1.14 bits per heavy atom. The Morgan fingerprint density at radius 2 is 1.93 bits per heavy atom. The minimum atomic E-state index is -0.417. The first-order valence-corrected chi connectivity index (χ1v) is 9.70. The van der Waals surface area contributed by atoms with Crippen molar-refractivity contribution in [3.63, 3.8) is 0 Å². The van der Waals surface area contributed by atoms with Crippen LogP contribution in [0.4, 0.5) is 4.39 Å². The average Bonchev–Trinajstić information content (AvgIpc) is 3.33. The summed E-state index contributed by atoms with van der Waals surface area (Å²) in [5.41, 5.74) is 5.76. The van der Waals surface area contributed by atoms with Crippen molar-refractivity contribution in [2.24, 2.45) is 5.73 Å². The van der Waals surface area contributed by atoms with Gasteiger partial charge in [0.1, 0.15) is 5.82 Å². The number of Topliss-reactive ketones (excluding diaryl/α,β-unsaturated/α-hetero) is 1. The van der Waals surface area contributed by atoms with Gasteiger partial charge in [-0.1, -0.05) is 11.8 Å². The van der Waals surface area contributed by atoms with E-state index in [2.05, 4.69) is 10.2 Å². The van der Waals surface area contributed by atoms with Gasteiger partial charge in [-0.05, 0) is 42.8 Å². The summed E-state index contributed by atoms with van der Waals surface area (Å²) in [5.74, 6) is 0.896. The highest BCUT2D eigenvalue weighted by Gasteiger charge is 2.17. The van der Waals surface area contributed by atoms with Gasteiger partial charge in [0.2, 0.25) is 5.91 Å². The van der Waals surface area contributed by atoms with Crippen molar-refractivity contribution in [3.8, 4) is 11.6 Å². The van der Waals surface area contributed by atoms with Gasteiger partial charge in [-0.15, -0.1) is 10.2 Å². The van der Waals surface area contributed by atoms with Crippen molar-refractivity contribution in [2.45, 2.75) is 31.0 Å². The van der Waals surface area contributed by atoms with Gasteiger partial charge < -0.3 is 10.2 Å². The molecule has 2 aromatic heterocycles. The summed E-state index contributed by atoms with van der Waals surface area (Å²) in [7, 11) is 0. The lowest BCUT2D eigenvalue weighted by Gasteiger charge is -2.08. The van der Waals surface area contributed by atoms with E-state index in [9.17, 15) is 14.0 Å². The zero-order valence-electron chi connectivity index (χ0n) is 15.0. The van der Waals surface area contributed by atoms with Gasteiger partial charge in [0.05, 0.1) is 6.26 Å². The predicted molar refractivity (Wildman–Crippen MR) is 102 cm³/mol. The maximum Gasteiger partial charge on any atom is 0.219 e. The number of carbonyl (C=O) groups excluding carboxylic acids is 2. The summed E-state index contributed by atoms with van der Waals surface area (Å²) in [6.07, 6.45) is 2.66. The van der Waals surface area contributed by atoms with E-state index in [-0.39, 0.29) is 18.0 Å². The maximum atomic E-state index is 12.9. The summed E-state index contributed by atoms with van der Waals surface area (Å²) >= 11 is 1.44. The standard InChI is InChI=1S/C19H19FN4O3S/c20-14-7-5-13(6-8-14)15(25)3-2-12-28-19-23-22-18(16-4-1-11-27-16)24(19)10-9-17(21)26/h1,4-8,11H,2-3,9-10,12H2,(H2,21,26). The number of nitrogens with zero attached hydrogens (tertiary/aromatic N) is 3. The van der Waals surface area contributed by atoms with Gasteiger partial charge in [0, 0.05) is 30.7 Å². The van der Waals surface area contributed by atoms with Crippen LogP contribution in [-0.4, -0.2) is 32.2 Å². The summed E-state index contributed by atoms with van der Waals surface area (Å²) in [6, 6.07) is 9.04. The van der Waals surface area contributed by atoms with Gasteiger partial charge in [-0.2, -0.15) is 0 Å². The van der Waals surface area contributed by atoms with E-state index in [0.29, 0.717) is 47.4 Å². The number of halogens is 1.